The van der Waals surface area contributed by atoms with Gasteiger partial charge in [0.15, 0.2) is 12.6 Å². The Hall–Kier alpha value is -2.83. The van der Waals surface area contributed by atoms with E-state index in [0.717, 1.165) is 70.6 Å². The van der Waals surface area contributed by atoms with Gasteiger partial charge < -0.3 is 65.1 Å². The van der Waals surface area contributed by atoms with Crippen LogP contribution in [0.1, 0.15) is 174 Å². The molecular formula is C57H97NO13. The lowest BCUT2D eigenvalue weighted by Gasteiger charge is -2.46. The summed E-state index contributed by atoms with van der Waals surface area (Å²) in [6, 6.07) is -0.864. The van der Waals surface area contributed by atoms with Gasteiger partial charge >= 0.3 is 0 Å². The van der Waals surface area contributed by atoms with Crippen LogP contribution in [0.25, 0.3) is 0 Å². The van der Waals surface area contributed by atoms with E-state index in [1.807, 2.05) is 0 Å². The summed E-state index contributed by atoms with van der Waals surface area (Å²) in [4.78, 5) is 13.2. The van der Waals surface area contributed by atoms with Crippen LogP contribution in [-0.4, -0.2) is 140 Å². The Bertz CT molecular complexity index is 1510. The van der Waals surface area contributed by atoms with Crippen LogP contribution in [-0.2, 0) is 23.7 Å². The van der Waals surface area contributed by atoms with Crippen LogP contribution in [0.4, 0.5) is 0 Å². The summed E-state index contributed by atoms with van der Waals surface area (Å²) < 4.78 is 22.7. The van der Waals surface area contributed by atoms with Gasteiger partial charge in [-0.05, 0) is 64.2 Å². The largest absolute Gasteiger partial charge is 0.394 e. The van der Waals surface area contributed by atoms with Crippen molar-refractivity contribution in [1.82, 2.24) is 5.32 Å². The zero-order valence-electron chi connectivity index (χ0n) is 43.4. The van der Waals surface area contributed by atoms with E-state index in [1.54, 1.807) is 0 Å². The molecule has 0 radical (unpaired) electrons. The van der Waals surface area contributed by atoms with Gasteiger partial charge in [-0.25, -0.2) is 0 Å². The minimum absolute atomic E-state index is 0.219. The highest BCUT2D eigenvalue weighted by molar-refractivity contribution is 5.76. The monoisotopic (exact) mass is 1000 g/mol. The maximum atomic E-state index is 13.2. The molecule has 0 aromatic heterocycles. The average Bonchev–Trinajstić information content (AvgIpc) is 3.37. The van der Waals surface area contributed by atoms with Crippen LogP contribution in [0, 0.1) is 0 Å². The normalized spacial score (nSPS) is 26.5. The lowest BCUT2D eigenvalue weighted by atomic mass is 9.97. The number of amides is 1. The van der Waals surface area contributed by atoms with Gasteiger partial charge in [0.25, 0.3) is 0 Å². The topological polar surface area (TPSA) is 228 Å². The van der Waals surface area contributed by atoms with Crippen molar-refractivity contribution < 1.29 is 64.6 Å². The van der Waals surface area contributed by atoms with Gasteiger partial charge in [0, 0.05) is 6.42 Å². The van der Waals surface area contributed by atoms with Crippen molar-refractivity contribution in [2.45, 2.75) is 248 Å². The molecule has 71 heavy (non-hydrogen) atoms. The van der Waals surface area contributed by atoms with Crippen LogP contribution < -0.4 is 5.32 Å². The third kappa shape index (κ3) is 29.0. The molecule has 2 rings (SSSR count). The molecule has 14 nitrogen and oxygen atoms in total. The molecule has 12 atom stereocenters. The number of nitrogens with one attached hydrogen (secondary N) is 1. The zero-order chi connectivity index (χ0) is 51.7. The Morgan fingerprint density at radius 1 is 0.521 bits per heavy atom. The number of aliphatic hydroxyl groups excluding tert-OH is 8. The van der Waals surface area contributed by atoms with E-state index < -0.39 is 86.8 Å². The van der Waals surface area contributed by atoms with Crippen LogP contribution in [0.15, 0.2) is 85.1 Å². The summed E-state index contributed by atoms with van der Waals surface area (Å²) in [6.45, 7) is 2.68. The molecule has 2 fully saturated rings. The second-order valence-electron chi connectivity index (χ2n) is 19.0. The number of aliphatic hydroxyl groups is 8. The van der Waals surface area contributed by atoms with E-state index in [4.69, 9.17) is 18.9 Å². The molecule has 1 amide bonds. The van der Waals surface area contributed by atoms with E-state index in [-0.39, 0.29) is 18.9 Å². The summed E-state index contributed by atoms with van der Waals surface area (Å²) in [5, 5.41) is 87.0. The molecule has 0 aromatic carbocycles. The van der Waals surface area contributed by atoms with Gasteiger partial charge in [-0.2, -0.15) is 0 Å². The van der Waals surface area contributed by atoms with E-state index in [1.165, 1.54) is 64.2 Å². The number of rotatable bonds is 41. The Morgan fingerprint density at radius 2 is 0.958 bits per heavy atom. The molecule has 2 aliphatic rings. The first kappa shape index (κ1) is 64.3. The minimum Gasteiger partial charge on any atom is -0.394 e. The van der Waals surface area contributed by atoms with E-state index in [0.29, 0.717) is 19.3 Å². The van der Waals surface area contributed by atoms with Crippen molar-refractivity contribution in [1.29, 1.82) is 0 Å². The number of allylic oxidation sites excluding steroid dienone is 14. The number of carbonyl (C=O) groups excluding carboxylic acids is 1. The highest BCUT2D eigenvalue weighted by Crippen LogP contribution is 2.30. The predicted molar refractivity (Wildman–Crippen MR) is 281 cm³/mol. The van der Waals surface area contributed by atoms with Gasteiger partial charge in [-0.1, -0.05) is 189 Å². The number of carbonyl (C=O) groups is 1. The van der Waals surface area contributed by atoms with Crippen LogP contribution in [0.3, 0.4) is 0 Å². The Morgan fingerprint density at radius 3 is 1.44 bits per heavy atom. The molecule has 2 heterocycles. The highest BCUT2D eigenvalue weighted by Gasteiger charge is 2.51. The Kier molecular flexibility index (Phi) is 38.5. The van der Waals surface area contributed by atoms with Gasteiger partial charge in [-0.15, -0.1) is 0 Å². The summed E-state index contributed by atoms with van der Waals surface area (Å²) in [7, 11) is 0. The summed E-state index contributed by atoms with van der Waals surface area (Å²) in [5.41, 5.74) is 0. The predicted octanol–water partition coefficient (Wildman–Crippen LogP) is 8.16. The molecule has 0 aromatic rings. The quantitative estimate of drug-likeness (QED) is 0.0208. The molecule has 9 N–H and O–H groups in total. The second kappa shape index (κ2) is 42.5. The lowest BCUT2D eigenvalue weighted by molar-refractivity contribution is -0.359. The molecular weight excluding hydrogens is 907 g/mol. The number of unbranched alkanes of at least 4 members (excludes halogenated alkanes) is 14. The molecule has 0 spiro atoms. The van der Waals surface area contributed by atoms with Crippen molar-refractivity contribution in [3.8, 4) is 0 Å². The fourth-order valence-electron chi connectivity index (χ4n) is 8.46. The van der Waals surface area contributed by atoms with E-state index >= 15 is 0 Å². The van der Waals surface area contributed by atoms with Crippen molar-refractivity contribution in [2.24, 2.45) is 0 Å². The minimum atomic E-state index is -1.79. The van der Waals surface area contributed by atoms with Gasteiger partial charge in [0.1, 0.15) is 48.8 Å². The molecule has 0 saturated carbocycles. The van der Waals surface area contributed by atoms with Crippen LogP contribution >= 0.6 is 0 Å². The van der Waals surface area contributed by atoms with Gasteiger partial charge in [0.2, 0.25) is 5.91 Å². The van der Waals surface area contributed by atoms with Crippen LogP contribution in [0.2, 0.25) is 0 Å². The SMILES string of the molecule is CC/C=C\C/C=C\C/C=C\C/C=C\C/C=C\C/C=C\C/C=C\CCCC(=O)NC(COC1OC(CO)C(OC2OC(CO)C(O)C(O)C2O)C(O)C1O)C(O)CCCCCCCCCCCCCCCC. The van der Waals surface area contributed by atoms with Gasteiger partial charge in [0.05, 0.1) is 32.0 Å². The van der Waals surface area contributed by atoms with Crippen molar-refractivity contribution in [2.75, 3.05) is 19.8 Å². The molecule has 14 heteroatoms. The average molecular weight is 1000 g/mol. The summed E-state index contributed by atoms with van der Waals surface area (Å²) in [5.74, 6) is -0.268. The summed E-state index contributed by atoms with van der Waals surface area (Å²) in [6.07, 6.45) is 38.7. The van der Waals surface area contributed by atoms with Crippen molar-refractivity contribution in [3.63, 3.8) is 0 Å². The van der Waals surface area contributed by atoms with Gasteiger partial charge in [-0.3, -0.25) is 4.79 Å². The Labute approximate surface area is 427 Å². The first-order valence-corrected chi connectivity index (χ1v) is 27.3. The molecule has 0 bridgehead atoms. The first-order chi connectivity index (χ1) is 34.6. The van der Waals surface area contributed by atoms with E-state index in [2.05, 4.69) is 104 Å². The molecule has 408 valence electrons. The number of hydrogen-bond acceptors (Lipinski definition) is 13. The smallest absolute Gasteiger partial charge is 0.220 e. The van der Waals surface area contributed by atoms with E-state index in [9.17, 15) is 45.6 Å². The number of ether oxygens (including phenoxy) is 4. The maximum absolute atomic E-state index is 13.2. The fourth-order valence-corrected chi connectivity index (χ4v) is 8.46. The van der Waals surface area contributed by atoms with Crippen molar-refractivity contribution >= 4 is 5.91 Å². The first-order valence-electron chi connectivity index (χ1n) is 27.3. The standard InChI is InChI=1S/C57H97NO13/c1-3-5-7-9-11-13-15-17-19-20-21-22-23-24-25-26-27-29-31-33-35-37-39-41-49(62)58-45(46(61)40-38-36-34-32-30-28-18-16-14-12-10-8-6-4-2)44-68-56-54(67)52(65)55(48(43-60)70-56)71-57-53(66)51(64)50(63)47(42-59)69-57/h5,7,11,13,17,19,21-22,24-25,27,29,33,35,45-48,50-57,59-61,63-67H,3-4,6,8-10,12,14-16,18,20,23,26,28,30-32,34,36-44H2,1-2H3,(H,58,62)/b7-5-,13-11-,19-17-,22-21-,25-24-,29-27-,35-33-. The Balaban J connectivity index is 1.82. The lowest BCUT2D eigenvalue weighted by Crippen LogP contribution is -2.65. The molecule has 0 aliphatic carbocycles. The molecule has 12 unspecified atom stereocenters. The second-order valence-corrected chi connectivity index (χ2v) is 19.0. The fraction of sp³-hybridized carbons (Fsp3) is 0.737. The maximum Gasteiger partial charge on any atom is 0.220 e. The third-order valence-corrected chi connectivity index (χ3v) is 12.9. The number of hydrogen-bond donors (Lipinski definition) is 9. The highest BCUT2D eigenvalue weighted by atomic mass is 16.7. The molecule has 2 saturated heterocycles. The van der Waals surface area contributed by atoms with Crippen LogP contribution in [0.5, 0.6) is 0 Å². The zero-order valence-corrected chi connectivity index (χ0v) is 43.4. The van der Waals surface area contributed by atoms with Crippen molar-refractivity contribution in [3.05, 3.63) is 85.1 Å². The third-order valence-electron chi connectivity index (χ3n) is 12.9. The molecule has 2 aliphatic heterocycles. The summed E-state index contributed by atoms with van der Waals surface area (Å²) >= 11 is 0.